The Morgan fingerprint density at radius 2 is 2.33 bits per heavy atom. The maximum Gasteiger partial charge on any atom is 0.271 e. The number of methoxy groups -OCH3 is 1. The predicted molar refractivity (Wildman–Crippen MR) is 57.9 cm³/mol. The zero-order valence-electron chi connectivity index (χ0n) is 8.40. The summed E-state index contributed by atoms with van der Waals surface area (Å²) < 4.78 is 4.84. The van der Waals surface area contributed by atoms with Crippen molar-refractivity contribution < 1.29 is 9.66 Å². The zero-order chi connectivity index (χ0) is 11.3. The van der Waals surface area contributed by atoms with E-state index in [-0.39, 0.29) is 5.69 Å². The highest BCUT2D eigenvalue weighted by Gasteiger charge is 2.08. The van der Waals surface area contributed by atoms with Crippen LogP contribution in [0.15, 0.2) is 18.2 Å². The van der Waals surface area contributed by atoms with Crippen LogP contribution in [0.3, 0.4) is 0 Å². The second kappa shape index (κ2) is 5.16. The van der Waals surface area contributed by atoms with E-state index in [1.165, 1.54) is 18.2 Å². The third-order valence-corrected chi connectivity index (χ3v) is 1.87. The van der Waals surface area contributed by atoms with Crippen molar-refractivity contribution in [3.8, 4) is 0 Å². The van der Waals surface area contributed by atoms with Gasteiger partial charge in [-0.05, 0) is 6.07 Å². The van der Waals surface area contributed by atoms with Crippen LogP contribution < -0.4 is 11.1 Å². The molecule has 0 fully saturated rings. The summed E-state index contributed by atoms with van der Waals surface area (Å²) in [5, 5.41) is 13.5. The number of rotatable bonds is 5. The van der Waals surface area contributed by atoms with Crippen LogP contribution in [-0.2, 0) is 4.74 Å². The fraction of sp³-hybridized carbons (Fsp3) is 0.333. The molecule has 1 aromatic rings. The van der Waals surface area contributed by atoms with Crippen LogP contribution in [0.1, 0.15) is 0 Å². The lowest BCUT2D eigenvalue weighted by atomic mass is 10.2. The van der Waals surface area contributed by atoms with Crippen LogP contribution >= 0.6 is 0 Å². The lowest BCUT2D eigenvalue weighted by Crippen LogP contribution is -2.09. The fourth-order valence-electron chi connectivity index (χ4n) is 1.10. The number of non-ortho nitro benzene ring substituents is 1. The molecule has 0 atom stereocenters. The smallest absolute Gasteiger partial charge is 0.271 e. The summed E-state index contributed by atoms with van der Waals surface area (Å²) >= 11 is 0. The molecule has 0 aliphatic carbocycles. The maximum absolute atomic E-state index is 10.5. The Bertz CT molecular complexity index is 354. The highest BCUT2D eigenvalue weighted by molar-refractivity contribution is 5.69. The van der Waals surface area contributed by atoms with Crippen molar-refractivity contribution in [3.05, 3.63) is 28.3 Å². The SMILES string of the molecule is COCCNc1cc([N+](=O)[O-])ccc1N. The van der Waals surface area contributed by atoms with Crippen LogP contribution in [0, 0.1) is 10.1 Å². The van der Waals surface area contributed by atoms with E-state index in [1.807, 2.05) is 0 Å². The van der Waals surface area contributed by atoms with Crippen LogP contribution in [0.2, 0.25) is 0 Å². The minimum absolute atomic E-state index is 0.0177. The quantitative estimate of drug-likeness (QED) is 0.331. The lowest BCUT2D eigenvalue weighted by Gasteiger charge is -2.08. The summed E-state index contributed by atoms with van der Waals surface area (Å²) in [7, 11) is 1.58. The summed E-state index contributed by atoms with van der Waals surface area (Å²) in [5.74, 6) is 0. The van der Waals surface area contributed by atoms with E-state index in [9.17, 15) is 10.1 Å². The van der Waals surface area contributed by atoms with E-state index >= 15 is 0 Å². The Hall–Kier alpha value is -1.82. The van der Waals surface area contributed by atoms with E-state index < -0.39 is 4.92 Å². The molecule has 0 aliphatic heterocycles. The third-order valence-electron chi connectivity index (χ3n) is 1.87. The van der Waals surface area contributed by atoms with Gasteiger partial charge in [0.05, 0.1) is 22.9 Å². The molecule has 0 unspecified atom stereocenters. The van der Waals surface area contributed by atoms with Gasteiger partial charge in [0.15, 0.2) is 0 Å². The minimum atomic E-state index is -0.457. The van der Waals surface area contributed by atoms with Crippen LogP contribution in [-0.4, -0.2) is 25.2 Å². The number of nitrogen functional groups attached to an aromatic ring is 1. The van der Waals surface area contributed by atoms with Gasteiger partial charge in [-0.15, -0.1) is 0 Å². The molecular formula is C9H13N3O3. The predicted octanol–water partition coefficient (Wildman–Crippen LogP) is 1.24. The molecule has 0 spiro atoms. The standard InChI is InChI=1S/C9H13N3O3/c1-15-5-4-11-9-6-7(12(13)14)2-3-8(9)10/h2-3,6,11H,4-5,10H2,1H3. The molecule has 0 aliphatic rings. The number of nitro groups is 1. The molecule has 0 saturated carbocycles. The van der Waals surface area contributed by atoms with Crippen LogP contribution in [0.25, 0.3) is 0 Å². The molecule has 0 heterocycles. The van der Waals surface area contributed by atoms with Gasteiger partial charge in [-0.25, -0.2) is 0 Å². The average Bonchev–Trinajstić information content (AvgIpc) is 2.20. The zero-order valence-corrected chi connectivity index (χ0v) is 8.40. The number of hydrogen-bond donors (Lipinski definition) is 2. The monoisotopic (exact) mass is 211 g/mol. The van der Waals surface area contributed by atoms with Gasteiger partial charge in [-0.1, -0.05) is 0 Å². The van der Waals surface area contributed by atoms with Crippen molar-refractivity contribution in [3.63, 3.8) is 0 Å². The second-order valence-corrected chi connectivity index (χ2v) is 2.95. The van der Waals surface area contributed by atoms with Gasteiger partial charge in [0.25, 0.3) is 5.69 Å². The highest BCUT2D eigenvalue weighted by Crippen LogP contribution is 2.23. The number of nitrogens with zero attached hydrogens (tertiary/aromatic N) is 1. The van der Waals surface area contributed by atoms with Crippen molar-refractivity contribution in [2.45, 2.75) is 0 Å². The van der Waals surface area contributed by atoms with Crippen molar-refractivity contribution in [1.29, 1.82) is 0 Å². The van der Waals surface area contributed by atoms with Gasteiger partial charge < -0.3 is 15.8 Å². The van der Waals surface area contributed by atoms with Crippen LogP contribution in [0.5, 0.6) is 0 Å². The molecule has 82 valence electrons. The molecule has 0 bridgehead atoms. The van der Waals surface area contributed by atoms with Gasteiger partial charge in [-0.2, -0.15) is 0 Å². The first-order valence-corrected chi connectivity index (χ1v) is 4.42. The summed E-state index contributed by atoms with van der Waals surface area (Å²) in [6.45, 7) is 1.07. The topological polar surface area (TPSA) is 90.4 Å². The molecule has 1 aromatic carbocycles. The first kappa shape index (κ1) is 11.3. The van der Waals surface area contributed by atoms with Crippen molar-refractivity contribution >= 4 is 17.1 Å². The molecule has 6 nitrogen and oxygen atoms in total. The van der Waals surface area contributed by atoms with Crippen molar-refractivity contribution in [2.24, 2.45) is 0 Å². The Labute approximate surface area is 87.2 Å². The average molecular weight is 211 g/mol. The van der Waals surface area contributed by atoms with Gasteiger partial charge in [0, 0.05) is 25.8 Å². The molecule has 0 saturated heterocycles. The summed E-state index contributed by atoms with van der Waals surface area (Å²) in [4.78, 5) is 10.0. The van der Waals surface area contributed by atoms with E-state index in [0.29, 0.717) is 24.5 Å². The Kier molecular flexibility index (Phi) is 3.87. The Morgan fingerprint density at radius 3 is 2.93 bits per heavy atom. The molecule has 0 radical (unpaired) electrons. The van der Waals surface area contributed by atoms with E-state index in [4.69, 9.17) is 10.5 Å². The summed E-state index contributed by atoms with van der Waals surface area (Å²) in [6, 6.07) is 4.29. The van der Waals surface area contributed by atoms with Gasteiger partial charge in [-0.3, -0.25) is 10.1 Å². The maximum atomic E-state index is 10.5. The largest absolute Gasteiger partial charge is 0.397 e. The molecule has 1 rings (SSSR count). The molecule has 3 N–H and O–H groups in total. The Morgan fingerprint density at radius 1 is 1.60 bits per heavy atom. The van der Waals surface area contributed by atoms with Crippen molar-refractivity contribution in [2.75, 3.05) is 31.3 Å². The van der Waals surface area contributed by atoms with Gasteiger partial charge >= 0.3 is 0 Å². The number of nitrogens with one attached hydrogen (secondary N) is 1. The number of hydrogen-bond acceptors (Lipinski definition) is 5. The number of anilines is 2. The summed E-state index contributed by atoms with van der Waals surface area (Å²) in [5.41, 5.74) is 6.70. The minimum Gasteiger partial charge on any atom is -0.397 e. The molecule has 15 heavy (non-hydrogen) atoms. The second-order valence-electron chi connectivity index (χ2n) is 2.95. The number of nitro benzene ring substituents is 1. The van der Waals surface area contributed by atoms with E-state index in [0.717, 1.165) is 0 Å². The molecule has 6 heteroatoms. The lowest BCUT2D eigenvalue weighted by molar-refractivity contribution is -0.384. The summed E-state index contributed by atoms with van der Waals surface area (Å²) in [6.07, 6.45) is 0. The fourth-order valence-corrected chi connectivity index (χ4v) is 1.10. The van der Waals surface area contributed by atoms with E-state index in [2.05, 4.69) is 5.32 Å². The van der Waals surface area contributed by atoms with Gasteiger partial charge in [0.2, 0.25) is 0 Å². The van der Waals surface area contributed by atoms with Crippen molar-refractivity contribution in [1.82, 2.24) is 0 Å². The van der Waals surface area contributed by atoms with Crippen LogP contribution in [0.4, 0.5) is 17.1 Å². The number of nitrogens with two attached hydrogens (primary N) is 1. The number of benzene rings is 1. The Balaban J connectivity index is 2.76. The number of ether oxygens (including phenoxy) is 1. The third kappa shape index (κ3) is 3.10. The molecule has 0 aromatic heterocycles. The normalized spacial score (nSPS) is 9.93. The van der Waals surface area contributed by atoms with E-state index in [1.54, 1.807) is 7.11 Å². The first-order chi connectivity index (χ1) is 7.15. The highest BCUT2D eigenvalue weighted by atomic mass is 16.6. The van der Waals surface area contributed by atoms with Gasteiger partial charge in [0.1, 0.15) is 0 Å². The molecular weight excluding hydrogens is 198 g/mol. The molecule has 0 amide bonds. The first-order valence-electron chi connectivity index (χ1n) is 4.42.